The lowest BCUT2D eigenvalue weighted by atomic mass is 9.64. The van der Waals surface area contributed by atoms with Crippen molar-refractivity contribution in [3.05, 3.63) is 35.6 Å². The van der Waals surface area contributed by atoms with Crippen LogP contribution in [-0.4, -0.2) is 12.5 Å². The smallest absolute Gasteiger partial charge is 0.230 e. The van der Waals surface area contributed by atoms with Crippen LogP contribution in [0.4, 0.5) is 4.39 Å². The van der Waals surface area contributed by atoms with Gasteiger partial charge in [0.1, 0.15) is 5.82 Å². The summed E-state index contributed by atoms with van der Waals surface area (Å²) in [6.07, 6.45) is 2.68. The number of likely N-dealkylation sites (N-methyl/N-ethyl adjacent to an activating group) is 1. The first kappa shape index (κ1) is 11.1. The lowest BCUT2D eigenvalue weighted by Crippen LogP contribution is -2.49. The van der Waals surface area contributed by atoms with Gasteiger partial charge in [-0.25, -0.2) is 4.39 Å². The van der Waals surface area contributed by atoms with Crippen molar-refractivity contribution in [3.8, 4) is 0 Å². The molecule has 0 atom stereocenters. The van der Waals surface area contributed by atoms with Crippen molar-refractivity contribution < 1.29 is 9.18 Å². The number of hydrogen-bond acceptors (Lipinski definition) is 1. The van der Waals surface area contributed by atoms with Gasteiger partial charge in [0.05, 0.1) is 5.41 Å². The molecule has 1 N–H and O–H groups in total. The van der Waals surface area contributed by atoms with E-state index in [2.05, 4.69) is 5.32 Å². The van der Waals surface area contributed by atoms with Gasteiger partial charge in [-0.2, -0.15) is 0 Å². The monoisotopic (exact) mass is 221 g/mol. The molecule has 1 aliphatic rings. The Balaban J connectivity index is 2.31. The van der Waals surface area contributed by atoms with Gasteiger partial charge in [0.15, 0.2) is 0 Å². The van der Waals surface area contributed by atoms with Crippen LogP contribution in [0.1, 0.15) is 31.7 Å². The van der Waals surface area contributed by atoms with Crippen molar-refractivity contribution in [1.82, 2.24) is 5.32 Å². The largest absolute Gasteiger partial charge is 0.356 e. The van der Waals surface area contributed by atoms with Crippen LogP contribution in [0.3, 0.4) is 0 Å². The van der Waals surface area contributed by atoms with Crippen molar-refractivity contribution in [3.63, 3.8) is 0 Å². The fourth-order valence-corrected chi connectivity index (χ4v) is 2.29. The first-order chi connectivity index (χ1) is 7.69. The van der Waals surface area contributed by atoms with E-state index in [1.165, 1.54) is 12.1 Å². The predicted octanol–water partition coefficient (Wildman–Crippen LogP) is 2.38. The fourth-order valence-electron chi connectivity index (χ4n) is 2.29. The molecule has 1 amide bonds. The number of hydrogen-bond donors (Lipinski definition) is 1. The van der Waals surface area contributed by atoms with E-state index in [4.69, 9.17) is 0 Å². The van der Waals surface area contributed by atoms with E-state index in [0.29, 0.717) is 6.54 Å². The highest BCUT2D eigenvalue weighted by molar-refractivity contribution is 5.89. The summed E-state index contributed by atoms with van der Waals surface area (Å²) in [4.78, 5) is 12.0. The molecule has 0 bridgehead atoms. The highest BCUT2D eigenvalue weighted by atomic mass is 19.1. The molecule has 16 heavy (non-hydrogen) atoms. The molecular formula is C13H16FNO. The van der Waals surface area contributed by atoms with Crippen LogP contribution < -0.4 is 5.32 Å². The molecule has 1 aliphatic carbocycles. The van der Waals surface area contributed by atoms with E-state index in [0.717, 1.165) is 24.8 Å². The van der Waals surface area contributed by atoms with Crippen LogP contribution in [0.5, 0.6) is 0 Å². The summed E-state index contributed by atoms with van der Waals surface area (Å²) < 4.78 is 13.2. The average Bonchev–Trinajstić information content (AvgIpc) is 2.16. The third kappa shape index (κ3) is 1.70. The summed E-state index contributed by atoms with van der Waals surface area (Å²) in [6, 6.07) is 6.41. The summed E-state index contributed by atoms with van der Waals surface area (Å²) in [5, 5.41) is 2.84. The molecule has 2 nitrogen and oxygen atoms in total. The average molecular weight is 221 g/mol. The maximum atomic E-state index is 13.2. The Kier molecular flexibility index (Phi) is 2.95. The van der Waals surface area contributed by atoms with E-state index < -0.39 is 5.41 Å². The van der Waals surface area contributed by atoms with E-state index in [1.807, 2.05) is 13.0 Å². The Labute approximate surface area is 94.9 Å². The number of benzene rings is 1. The van der Waals surface area contributed by atoms with Gasteiger partial charge in [0, 0.05) is 6.54 Å². The molecule has 1 saturated carbocycles. The van der Waals surface area contributed by atoms with Gasteiger partial charge in [0.25, 0.3) is 0 Å². The van der Waals surface area contributed by atoms with Gasteiger partial charge in [-0.1, -0.05) is 18.6 Å². The molecule has 1 fully saturated rings. The first-order valence-electron chi connectivity index (χ1n) is 5.73. The van der Waals surface area contributed by atoms with Crippen molar-refractivity contribution in [2.75, 3.05) is 6.54 Å². The molecular weight excluding hydrogens is 205 g/mol. The van der Waals surface area contributed by atoms with Gasteiger partial charge < -0.3 is 5.32 Å². The summed E-state index contributed by atoms with van der Waals surface area (Å²) in [7, 11) is 0. The number of rotatable bonds is 3. The molecule has 86 valence electrons. The van der Waals surface area contributed by atoms with Crippen LogP contribution in [-0.2, 0) is 10.2 Å². The van der Waals surface area contributed by atoms with Crippen LogP contribution in [0.2, 0.25) is 0 Å². The molecule has 0 aliphatic heterocycles. The van der Waals surface area contributed by atoms with Gasteiger partial charge in [-0.05, 0) is 37.5 Å². The minimum Gasteiger partial charge on any atom is -0.356 e. The zero-order valence-electron chi connectivity index (χ0n) is 9.42. The third-order valence-electron chi connectivity index (χ3n) is 3.36. The summed E-state index contributed by atoms with van der Waals surface area (Å²) in [6.45, 7) is 2.52. The molecule has 1 aromatic carbocycles. The minimum absolute atomic E-state index is 0.0341. The number of amides is 1. The topological polar surface area (TPSA) is 29.1 Å². The zero-order valence-corrected chi connectivity index (χ0v) is 9.42. The van der Waals surface area contributed by atoms with E-state index in [-0.39, 0.29) is 11.7 Å². The van der Waals surface area contributed by atoms with Crippen molar-refractivity contribution >= 4 is 5.91 Å². The minimum atomic E-state index is -0.474. The Hall–Kier alpha value is -1.38. The van der Waals surface area contributed by atoms with Gasteiger partial charge in [-0.15, -0.1) is 0 Å². The Morgan fingerprint density at radius 2 is 2.25 bits per heavy atom. The molecule has 3 heteroatoms. The molecule has 0 spiro atoms. The second kappa shape index (κ2) is 4.24. The second-order valence-corrected chi connectivity index (χ2v) is 4.31. The Morgan fingerprint density at radius 3 is 2.75 bits per heavy atom. The zero-order chi connectivity index (χ0) is 11.6. The van der Waals surface area contributed by atoms with Gasteiger partial charge >= 0.3 is 0 Å². The van der Waals surface area contributed by atoms with Crippen LogP contribution in [0.25, 0.3) is 0 Å². The normalized spacial score (nSPS) is 17.6. The van der Waals surface area contributed by atoms with Crippen molar-refractivity contribution in [2.45, 2.75) is 31.6 Å². The molecule has 2 rings (SSSR count). The molecule has 0 saturated heterocycles. The van der Waals surface area contributed by atoms with Gasteiger partial charge in [0.2, 0.25) is 5.91 Å². The highest BCUT2D eigenvalue weighted by Gasteiger charge is 2.45. The third-order valence-corrected chi connectivity index (χ3v) is 3.36. The number of carbonyl (C=O) groups excluding carboxylic acids is 1. The standard InChI is InChI=1S/C13H16FNO/c1-2-15-12(16)13(7-4-8-13)10-5-3-6-11(14)9-10/h3,5-6,9H,2,4,7-8H2,1H3,(H,15,16). The predicted molar refractivity (Wildman–Crippen MR) is 60.6 cm³/mol. The SMILES string of the molecule is CCNC(=O)C1(c2cccc(F)c2)CCC1. The number of carbonyl (C=O) groups is 1. The van der Waals surface area contributed by atoms with E-state index >= 15 is 0 Å². The lowest BCUT2D eigenvalue weighted by molar-refractivity contribution is -0.129. The quantitative estimate of drug-likeness (QED) is 0.834. The Morgan fingerprint density at radius 1 is 1.50 bits per heavy atom. The van der Waals surface area contributed by atoms with Crippen molar-refractivity contribution in [2.24, 2.45) is 0 Å². The van der Waals surface area contributed by atoms with Crippen LogP contribution in [0.15, 0.2) is 24.3 Å². The molecule has 0 aromatic heterocycles. The molecule has 0 unspecified atom stereocenters. The molecule has 0 radical (unpaired) electrons. The number of nitrogens with one attached hydrogen (secondary N) is 1. The maximum Gasteiger partial charge on any atom is 0.230 e. The summed E-state index contributed by atoms with van der Waals surface area (Å²) >= 11 is 0. The maximum absolute atomic E-state index is 13.2. The first-order valence-corrected chi connectivity index (χ1v) is 5.73. The highest BCUT2D eigenvalue weighted by Crippen LogP contribution is 2.44. The van der Waals surface area contributed by atoms with Crippen LogP contribution >= 0.6 is 0 Å². The van der Waals surface area contributed by atoms with E-state index in [9.17, 15) is 9.18 Å². The summed E-state index contributed by atoms with van der Waals surface area (Å²) in [5.74, 6) is -0.236. The van der Waals surface area contributed by atoms with E-state index in [1.54, 1.807) is 6.07 Å². The van der Waals surface area contributed by atoms with Crippen LogP contribution in [0, 0.1) is 5.82 Å². The van der Waals surface area contributed by atoms with Gasteiger partial charge in [-0.3, -0.25) is 4.79 Å². The Bertz CT molecular complexity index is 399. The second-order valence-electron chi connectivity index (χ2n) is 4.31. The van der Waals surface area contributed by atoms with Crippen molar-refractivity contribution in [1.29, 1.82) is 0 Å². The fraction of sp³-hybridized carbons (Fsp3) is 0.462. The molecule has 1 aromatic rings. The summed E-state index contributed by atoms with van der Waals surface area (Å²) in [5.41, 5.74) is 0.336. The lowest BCUT2D eigenvalue weighted by Gasteiger charge is -2.40. The number of halogens is 1. The molecule has 0 heterocycles.